The van der Waals surface area contributed by atoms with E-state index in [4.69, 9.17) is 4.74 Å². The summed E-state index contributed by atoms with van der Waals surface area (Å²) in [6, 6.07) is 19.3. The number of nitrogens with zero attached hydrogens (tertiary/aromatic N) is 5. The molecule has 0 bridgehead atoms. The van der Waals surface area contributed by atoms with E-state index in [9.17, 15) is 4.79 Å². The predicted octanol–water partition coefficient (Wildman–Crippen LogP) is 3.79. The van der Waals surface area contributed by atoms with Gasteiger partial charge in [-0.05, 0) is 41.8 Å². The van der Waals surface area contributed by atoms with Crippen LogP contribution in [0.4, 0.5) is 0 Å². The molecule has 0 fully saturated rings. The predicted molar refractivity (Wildman–Crippen MR) is 127 cm³/mol. The highest BCUT2D eigenvalue weighted by atomic mass is 16.5. The van der Waals surface area contributed by atoms with Gasteiger partial charge in [0.2, 0.25) is 0 Å². The molecule has 2 aromatic carbocycles. The third kappa shape index (κ3) is 4.80. The molecule has 8 nitrogen and oxygen atoms in total. The molecule has 0 spiro atoms. The number of hydrogen-bond acceptors (Lipinski definition) is 5. The standard InChI is InChI=1S/C26H24N6O2/c1-19-5-4-12-31-15-22(30-25(19)31)16-34-24-7-3-2-6-23(24)26(33)28-13-20-8-10-21(11-9-20)14-32-18-27-17-29-32/h2-12,15,17-18H,13-14,16H2,1H3,(H,28,33). The van der Waals surface area contributed by atoms with Gasteiger partial charge in [0.15, 0.2) is 0 Å². The summed E-state index contributed by atoms with van der Waals surface area (Å²) in [5.41, 5.74) is 5.41. The van der Waals surface area contributed by atoms with Crippen LogP contribution in [0.25, 0.3) is 5.65 Å². The number of carbonyl (C=O) groups excluding carboxylic acids is 1. The van der Waals surface area contributed by atoms with E-state index in [1.807, 2.05) is 72.2 Å². The number of amides is 1. The fourth-order valence-corrected chi connectivity index (χ4v) is 3.75. The number of ether oxygens (including phenoxy) is 1. The first kappa shape index (κ1) is 21.4. The van der Waals surface area contributed by atoms with Crippen molar-refractivity contribution in [2.45, 2.75) is 26.6 Å². The number of aryl methyl sites for hydroxylation is 1. The number of carbonyl (C=O) groups is 1. The molecule has 34 heavy (non-hydrogen) atoms. The van der Waals surface area contributed by atoms with Crippen LogP contribution in [0, 0.1) is 6.92 Å². The Morgan fingerprint density at radius 3 is 2.65 bits per heavy atom. The van der Waals surface area contributed by atoms with Crippen molar-refractivity contribution in [1.29, 1.82) is 0 Å². The SMILES string of the molecule is Cc1cccn2cc(COc3ccccc3C(=O)NCc3ccc(Cn4cncn4)cc3)nc12. The lowest BCUT2D eigenvalue weighted by Gasteiger charge is -2.11. The molecule has 0 unspecified atom stereocenters. The van der Waals surface area contributed by atoms with Crippen LogP contribution in [-0.4, -0.2) is 30.1 Å². The molecule has 0 atom stereocenters. The van der Waals surface area contributed by atoms with Gasteiger partial charge in [-0.25, -0.2) is 14.6 Å². The van der Waals surface area contributed by atoms with E-state index in [-0.39, 0.29) is 12.5 Å². The quantitative estimate of drug-likeness (QED) is 0.387. The maximum atomic E-state index is 12.9. The molecule has 0 aliphatic carbocycles. The van der Waals surface area contributed by atoms with E-state index in [2.05, 4.69) is 20.4 Å². The fraction of sp³-hybridized carbons (Fsp3) is 0.154. The molecule has 0 saturated heterocycles. The summed E-state index contributed by atoms with van der Waals surface area (Å²) < 4.78 is 9.72. The van der Waals surface area contributed by atoms with Crippen molar-refractivity contribution in [2.24, 2.45) is 0 Å². The molecule has 1 N–H and O–H groups in total. The zero-order chi connectivity index (χ0) is 23.3. The van der Waals surface area contributed by atoms with Crippen LogP contribution in [0.15, 0.2) is 85.7 Å². The molecule has 170 valence electrons. The number of fused-ring (bicyclic) bond motifs is 1. The second-order valence-corrected chi connectivity index (χ2v) is 8.03. The number of benzene rings is 2. The summed E-state index contributed by atoms with van der Waals surface area (Å²) in [4.78, 5) is 21.5. The highest BCUT2D eigenvalue weighted by Crippen LogP contribution is 2.20. The Hall–Kier alpha value is -4.46. The first-order valence-electron chi connectivity index (χ1n) is 11.0. The fourth-order valence-electron chi connectivity index (χ4n) is 3.75. The Morgan fingerprint density at radius 2 is 1.85 bits per heavy atom. The van der Waals surface area contributed by atoms with Crippen LogP contribution in [0.1, 0.15) is 32.7 Å². The highest BCUT2D eigenvalue weighted by molar-refractivity contribution is 5.96. The van der Waals surface area contributed by atoms with E-state index in [0.29, 0.717) is 24.4 Å². The van der Waals surface area contributed by atoms with Gasteiger partial charge in [0.1, 0.15) is 30.7 Å². The zero-order valence-corrected chi connectivity index (χ0v) is 18.8. The summed E-state index contributed by atoms with van der Waals surface area (Å²) in [5, 5.41) is 7.10. The van der Waals surface area contributed by atoms with Crippen LogP contribution in [0.3, 0.4) is 0 Å². The molecule has 0 aliphatic heterocycles. The van der Waals surface area contributed by atoms with Gasteiger partial charge in [-0.3, -0.25) is 4.79 Å². The molecule has 1 amide bonds. The Bertz CT molecular complexity index is 1410. The Morgan fingerprint density at radius 1 is 1.03 bits per heavy atom. The largest absolute Gasteiger partial charge is 0.486 e. The Balaban J connectivity index is 1.21. The van der Waals surface area contributed by atoms with E-state index < -0.39 is 0 Å². The van der Waals surface area contributed by atoms with Gasteiger partial charge < -0.3 is 14.5 Å². The van der Waals surface area contributed by atoms with Crippen LogP contribution >= 0.6 is 0 Å². The molecule has 8 heteroatoms. The number of imidazole rings is 1. The lowest BCUT2D eigenvalue weighted by atomic mass is 10.1. The van der Waals surface area contributed by atoms with Crippen molar-refractivity contribution in [2.75, 3.05) is 0 Å². The van der Waals surface area contributed by atoms with Crippen molar-refractivity contribution < 1.29 is 9.53 Å². The molecule has 3 aromatic heterocycles. The van der Waals surface area contributed by atoms with Gasteiger partial charge in [0, 0.05) is 18.9 Å². The lowest BCUT2D eigenvalue weighted by molar-refractivity contribution is 0.0946. The van der Waals surface area contributed by atoms with Crippen LogP contribution in [0.2, 0.25) is 0 Å². The highest BCUT2D eigenvalue weighted by Gasteiger charge is 2.13. The van der Waals surface area contributed by atoms with Crippen molar-refractivity contribution in [1.82, 2.24) is 29.5 Å². The Kier molecular flexibility index (Phi) is 6.03. The first-order chi connectivity index (χ1) is 16.7. The molecule has 0 radical (unpaired) electrons. The van der Waals surface area contributed by atoms with Gasteiger partial charge >= 0.3 is 0 Å². The molecule has 0 aliphatic rings. The maximum absolute atomic E-state index is 12.9. The third-order valence-corrected chi connectivity index (χ3v) is 5.52. The molecule has 3 heterocycles. The summed E-state index contributed by atoms with van der Waals surface area (Å²) in [7, 11) is 0. The summed E-state index contributed by atoms with van der Waals surface area (Å²) in [5.74, 6) is 0.338. The lowest BCUT2D eigenvalue weighted by Crippen LogP contribution is -2.23. The minimum atomic E-state index is -0.187. The molecule has 5 rings (SSSR count). The average Bonchev–Trinajstić information content (AvgIpc) is 3.53. The van der Waals surface area contributed by atoms with Crippen molar-refractivity contribution >= 4 is 11.6 Å². The number of hydrogen-bond donors (Lipinski definition) is 1. The number of pyridine rings is 1. The Labute approximate surface area is 196 Å². The second kappa shape index (κ2) is 9.58. The van der Waals surface area contributed by atoms with Crippen LogP contribution in [-0.2, 0) is 19.7 Å². The van der Waals surface area contributed by atoms with E-state index >= 15 is 0 Å². The smallest absolute Gasteiger partial charge is 0.255 e. The molecular weight excluding hydrogens is 428 g/mol. The monoisotopic (exact) mass is 452 g/mol. The van der Waals surface area contributed by atoms with Gasteiger partial charge in [-0.2, -0.15) is 5.10 Å². The van der Waals surface area contributed by atoms with Crippen molar-refractivity contribution in [3.8, 4) is 5.75 Å². The third-order valence-electron chi connectivity index (χ3n) is 5.52. The van der Waals surface area contributed by atoms with Gasteiger partial charge in [0.25, 0.3) is 5.91 Å². The van der Waals surface area contributed by atoms with E-state index in [0.717, 1.165) is 28.0 Å². The number of nitrogens with one attached hydrogen (secondary N) is 1. The van der Waals surface area contributed by atoms with E-state index in [1.165, 1.54) is 6.33 Å². The van der Waals surface area contributed by atoms with Crippen molar-refractivity contribution in [3.05, 3.63) is 114 Å². The minimum absolute atomic E-state index is 0.187. The molecule has 5 aromatic rings. The topological polar surface area (TPSA) is 86.3 Å². The van der Waals surface area contributed by atoms with Gasteiger partial charge in [0.05, 0.1) is 17.8 Å². The number of rotatable bonds is 8. The summed E-state index contributed by atoms with van der Waals surface area (Å²) in [6.07, 6.45) is 7.10. The van der Waals surface area contributed by atoms with Gasteiger partial charge in [-0.1, -0.05) is 42.5 Å². The molecular formula is C26H24N6O2. The van der Waals surface area contributed by atoms with E-state index in [1.54, 1.807) is 23.1 Å². The van der Waals surface area contributed by atoms with Crippen LogP contribution < -0.4 is 10.1 Å². The first-order valence-corrected chi connectivity index (χ1v) is 11.0. The van der Waals surface area contributed by atoms with Crippen molar-refractivity contribution in [3.63, 3.8) is 0 Å². The minimum Gasteiger partial charge on any atom is -0.486 e. The maximum Gasteiger partial charge on any atom is 0.255 e. The molecule has 0 saturated carbocycles. The summed E-state index contributed by atoms with van der Waals surface area (Å²) >= 11 is 0. The summed E-state index contributed by atoms with van der Waals surface area (Å²) in [6.45, 7) is 3.38. The van der Waals surface area contributed by atoms with Gasteiger partial charge in [-0.15, -0.1) is 0 Å². The average molecular weight is 453 g/mol. The van der Waals surface area contributed by atoms with Crippen LogP contribution in [0.5, 0.6) is 5.75 Å². The zero-order valence-electron chi connectivity index (χ0n) is 18.8. The second-order valence-electron chi connectivity index (χ2n) is 8.03. The number of aromatic nitrogens is 5. The normalized spacial score (nSPS) is 11.0. The number of para-hydroxylation sites is 1.